The van der Waals surface area contributed by atoms with E-state index < -0.39 is 11.1 Å². The van der Waals surface area contributed by atoms with Gasteiger partial charge >= 0.3 is 5.97 Å². The Hall–Kier alpha value is -0.280. The van der Waals surface area contributed by atoms with Crippen LogP contribution in [0.1, 0.15) is 33.6 Å². The number of hydrogen-bond donors (Lipinski definition) is 1. The molecule has 0 aromatic heterocycles. The summed E-state index contributed by atoms with van der Waals surface area (Å²) in [4.78, 5) is 11.2. The average Bonchev–Trinajstić information content (AvgIpc) is 2.44. The average molecular weight is 194 g/mol. The van der Waals surface area contributed by atoms with Gasteiger partial charge in [0.05, 0.1) is 0 Å². The van der Waals surface area contributed by atoms with E-state index in [9.17, 15) is 4.79 Å². The van der Waals surface area contributed by atoms with E-state index in [1.165, 1.54) is 0 Å². The minimum Gasteiger partial charge on any atom is -0.459 e. The Balaban J connectivity index is 0.00000121. The SMILES string of the molecule is CC(C)(C)OC(=O)C1(N)CC1.Cl. The second-order valence-corrected chi connectivity index (χ2v) is 4.16. The molecule has 0 aromatic carbocycles. The van der Waals surface area contributed by atoms with Crippen LogP contribution in [-0.4, -0.2) is 17.1 Å². The molecule has 12 heavy (non-hydrogen) atoms. The van der Waals surface area contributed by atoms with Gasteiger partial charge in [0.2, 0.25) is 0 Å². The molecule has 2 N–H and O–H groups in total. The minimum absolute atomic E-state index is 0. The fourth-order valence-corrected chi connectivity index (χ4v) is 0.719. The molecule has 3 nitrogen and oxygen atoms in total. The molecule has 4 heteroatoms. The zero-order valence-corrected chi connectivity index (χ0v) is 8.53. The van der Waals surface area contributed by atoms with Crippen molar-refractivity contribution in [2.24, 2.45) is 5.73 Å². The monoisotopic (exact) mass is 193 g/mol. The summed E-state index contributed by atoms with van der Waals surface area (Å²) in [6.07, 6.45) is 1.53. The van der Waals surface area contributed by atoms with Crippen molar-refractivity contribution >= 4 is 18.4 Å². The van der Waals surface area contributed by atoms with Gasteiger partial charge in [-0.25, -0.2) is 0 Å². The predicted octanol–water partition coefficient (Wildman–Crippen LogP) is 1.24. The van der Waals surface area contributed by atoms with Crippen LogP contribution in [0.15, 0.2) is 0 Å². The lowest BCUT2D eigenvalue weighted by atomic mass is 10.2. The van der Waals surface area contributed by atoms with Gasteiger partial charge in [-0.15, -0.1) is 12.4 Å². The molecule has 0 aliphatic heterocycles. The van der Waals surface area contributed by atoms with Crippen molar-refractivity contribution in [3.05, 3.63) is 0 Å². The van der Waals surface area contributed by atoms with Gasteiger partial charge in [-0.2, -0.15) is 0 Å². The standard InChI is InChI=1S/C8H15NO2.ClH/c1-7(2,3)11-6(10)8(9)4-5-8;/h4-5,9H2,1-3H3;1H. The molecule has 72 valence electrons. The number of hydrogen-bond acceptors (Lipinski definition) is 3. The highest BCUT2D eigenvalue weighted by atomic mass is 35.5. The lowest BCUT2D eigenvalue weighted by Crippen LogP contribution is -2.39. The second kappa shape index (κ2) is 3.23. The van der Waals surface area contributed by atoms with Crippen molar-refractivity contribution in [3.63, 3.8) is 0 Å². The van der Waals surface area contributed by atoms with Crippen LogP contribution >= 0.6 is 12.4 Å². The van der Waals surface area contributed by atoms with Crippen LogP contribution in [-0.2, 0) is 9.53 Å². The highest BCUT2D eigenvalue weighted by molar-refractivity contribution is 5.85. The molecule has 1 aliphatic rings. The number of carbonyl (C=O) groups excluding carboxylic acids is 1. The molecule has 0 radical (unpaired) electrons. The summed E-state index contributed by atoms with van der Waals surface area (Å²) >= 11 is 0. The highest BCUT2D eigenvalue weighted by Crippen LogP contribution is 2.34. The molecule has 1 fully saturated rings. The van der Waals surface area contributed by atoms with Crippen molar-refractivity contribution in [2.75, 3.05) is 0 Å². The summed E-state index contributed by atoms with van der Waals surface area (Å²) < 4.78 is 5.10. The van der Waals surface area contributed by atoms with Gasteiger partial charge in [-0.1, -0.05) is 0 Å². The van der Waals surface area contributed by atoms with Crippen LogP contribution in [0.3, 0.4) is 0 Å². The first-order chi connectivity index (χ1) is 4.83. The molecule has 0 aromatic rings. The Morgan fingerprint density at radius 2 is 1.83 bits per heavy atom. The number of esters is 1. The van der Waals surface area contributed by atoms with Crippen LogP contribution in [0.2, 0.25) is 0 Å². The van der Waals surface area contributed by atoms with Gasteiger partial charge < -0.3 is 10.5 Å². The van der Waals surface area contributed by atoms with Crippen LogP contribution in [0.5, 0.6) is 0 Å². The molecule has 0 heterocycles. The van der Waals surface area contributed by atoms with Gasteiger partial charge in [0, 0.05) is 0 Å². The second-order valence-electron chi connectivity index (χ2n) is 4.16. The smallest absolute Gasteiger partial charge is 0.326 e. The topological polar surface area (TPSA) is 52.3 Å². The fourth-order valence-electron chi connectivity index (χ4n) is 0.719. The molecule has 0 unspecified atom stereocenters. The lowest BCUT2D eigenvalue weighted by Gasteiger charge is -2.21. The Kier molecular flexibility index (Phi) is 3.15. The van der Waals surface area contributed by atoms with Gasteiger partial charge in [-0.3, -0.25) is 4.79 Å². The van der Waals surface area contributed by atoms with Crippen LogP contribution < -0.4 is 5.73 Å². The molecule has 1 saturated carbocycles. The summed E-state index contributed by atoms with van der Waals surface area (Å²) in [5.41, 5.74) is 4.57. The van der Waals surface area contributed by atoms with Crippen molar-refractivity contribution in [2.45, 2.75) is 44.8 Å². The number of ether oxygens (including phenoxy) is 1. The van der Waals surface area contributed by atoms with Gasteiger partial charge in [0.1, 0.15) is 11.1 Å². The molecular formula is C8H16ClNO2. The minimum atomic E-state index is -0.646. The third-order valence-electron chi connectivity index (χ3n) is 1.59. The molecule has 0 amide bonds. The molecule has 0 saturated heterocycles. The molecule has 0 spiro atoms. The first-order valence-electron chi connectivity index (χ1n) is 3.86. The number of carbonyl (C=O) groups is 1. The van der Waals surface area contributed by atoms with Crippen LogP contribution in [0.4, 0.5) is 0 Å². The largest absolute Gasteiger partial charge is 0.459 e. The number of halogens is 1. The van der Waals surface area contributed by atoms with E-state index in [2.05, 4.69) is 0 Å². The molecule has 0 bridgehead atoms. The number of nitrogens with two attached hydrogens (primary N) is 1. The maximum Gasteiger partial charge on any atom is 0.326 e. The Morgan fingerprint density at radius 1 is 1.42 bits per heavy atom. The van der Waals surface area contributed by atoms with E-state index in [1.807, 2.05) is 20.8 Å². The first-order valence-corrected chi connectivity index (χ1v) is 3.86. The van der Waals surface area contributed by atoms with E-state index in [0.29, 0.717) is 0 Å². The third-order valence-corrected chi connectivity index (χ3v) is 1.59. The summed E-state index contributed by atoms with van der Waals surface area (Å²) in [5, 5.41) is 0. The molecule has 0 atom stereocenters. The van der Waals surface area contributed by atoms with Crippen molar-refractivity contribution in [1.82, 2.24) is 0 Å². The summed E-state index contributed by atoms with van der Waals surface area (Å²) in [6.45, 7) is 5.53. The van der Waals surface area contributed by atoms with Crippen LogP contribution in [0.25, 0.3) is 0 Å². The zero-order chi connectivity index (χ0) is 8.70. The lowest BCUT2D eigenvalue weighted by molar-refractivity contribution is -0.157. The summed E-state index contributed by atoms with van der Waals surface area (Å²) in [5.74, 6) is -0.259. The van der Waals surface area contributed by atoms with E-state index in [4.69, 9.17) is 10.5 Å². The predicted molar refractivity (Wildman–Crippen MR) is 49.2 cm³/mol. The molecule has 1 aliphatic carbocycles. The normalized spacial score (nSPS) is 19.3. The quantitative estimate of drug-likeness (QED) is 0.638. The maximum atomic E-state index is 11.2. The fraction of sp³-hybridized carbons (Fsp3) is 0.875. The van der Waals surface area contributed by atoms with Crippen molar-refractivity contribution in [3.8, 4) is 0 Å². The Labute approximate surface area is 79.1 Å². The third kappa shape index (κ3) is 2.99. The van der Waals surface area contributed by atoms with E-state index in [-0.39, 0.29) is 18.4 Å². The molecule has 1 rings (SSSR count). The highest BCUT2D eigenvalue weighted by Gasteiger charge is 2.48. The van der Waals surface area contributed by atoms with E-state index >= 15 is 0 Å². The van der Waals surface area contributed by atoms with Crippen molar-refractivity contribution < 1.29 is 9.53 Å². The Morgan fingerprint density at radius 3 is 2.08 bits per heavy atom. The van der Waals surface area contributed by atoms with E-state index in [0.717, 1.165) is 12.8 Å². The summed E-state index contributed by atoms with van der Waals surface area (Å²) in [7, 11) is 0. The maximum absolute atomic E-state index is 11.2. The van der Waals surface area contributed by atoms with Crippen molar-refractivity contribution in [1.29, 1.82) is 0 Å². The summed E-state index contributed by atoms with van der Waals surface area (Å²) in [6, 6.07) is 0. The van der Waals surface area contributed by atoms with Gasteiger partial charge in [0.25, 0.3) is 0 Å². The first kappa shape index (κ1) is 11.7. The molecular weight excluding hydrogens is 178 g/mol. The van der Waals surface area contributed by atoms with E-state index in [1.54, 1.807) is 0 Å². The number of rotatable bonds is 1. The van der Waals surface area contributed by atoms with Gasteiger partial charge in [0.15, 0.2) is 0 Å². The van der Waals surface area contributed by atoms with Gasteiger partial charge in [-0.05, 0) is 33.6 Å². The van der Waals surface area contributed by atoms with Crippen LogP contribution in [0, 0.1) is 0 Å². The Bertz CT molecular complexity index is 182. The zero-order valence-electron chi connectivity index (χ0n) is 7.72.